The quantitative estimate of drug-likeness (QED) is 0.502. The van der Waals surface area contributed by atoms with Crippen LogP contribution in [0.5, 0.6) is 0 Å². The lowest BCUT2D eigenvalue weighted by Gasteiger charge is -2.04. The molecule has 1 N–H and O–H groups in total. The summed E-state index contributed by atoms with van der Waals surface area (Å²) in [4.78, 5) is 0. The average molecular weight is 191 g/mol. The highest BCUT2D eigenvalue weighted by atomic mass is 14.8. The minimum Gasteiger partial charge on any atom is -0.316 e. The first-order valence-corrected chi connectivity index (χ1v) is 4.90. The Kier molecular flexibility index (Phi) is 6.77. The van der Waals surface area contributed by atoms with Crippen LogP contribution in [0.2, 0.25) is 0 Å². The van der Waals surface area contributed by atoms with Crippen LogP contribution in [0.25, 0.3) is 0 Å². The van der Waals surface area contributed by atoms with Crippen molar-refractivity contribution >= 4 is 0 Å². The second-order valence-electron chi connectivity index (χ2n) is 3.43. The molecule has 0 aromatic carbocycles. The smallest absolute Gasteiger partial charge is 0.0162 e. The maximum Gasteiger partial charge on any atom is 0.0162 e. The van der Waals surface area contributed by atoms with Gasteiger partial charge in [-0.3, -0.25) is 0 Å². The molecule has 0 spiro atoms. The summed E-state index contributed by atoms with van der Waals surface area (Å²) in [6, 6.07) is 0. The molecule has 14 heavy (non-hydrogen) atoms. The second-order valence-corrected chi connectivity index (χ2v) is 3.43. The van der Waals surface area contributed by atoms with Gasteiger partial charge in [0, 0.05) is 6.54 Å². The van der Waals surface area contributed by atoms with Gasteiger partial charge in [-0.1, -0.05) is 30.4 Å². The van der Waals surface area contributed by atoms with Crippen molar-refractivity contribution < 1.29 is 0 Å². The van der Waals surface area contributed by atoms with E-state index in [2.05, 4.69) is 38.4 Å². The van der Waals surface area contributed by atoms with Gasteiger partial charge in [-0.2, -0.15) is 0 Å². The fourth-order valence-corrected chi connectivity index (χ4v) is 1.35. The van der Waals surface area contributed by atoms with Crippen LogP contribution in [-0.4, -0.2) is 13.6 Å². The number of hydrogen-bond donors (Lipinski definition) is 1. The molecule has 78 valence electrons. The predicted molar refractivity (Wildman–Crippen MR) is 65.4 cm³/mol. The summed E-state index contributed by atoms with van der Waals surface area (Å²) < 4.78 is 0. The van der Waals surface area contributed by atoms with Crippen LogP contribution < -0.4 is 5.32 Å². The van der Waals surface area contributed by atoms with E-state index in [9.17, 15) is 0 Å². The van der Waals surface area contributed by atoms with Crippen molar-refractivity contribution in [3.8, 4) is 0 Å². The van der Waals surface area contributed by atoms with Crippen LogP contribution >= 0.6 is 0 Å². The van der Waals surface area contributed by atoms with E-state index in [1.807, 2.05) is 19.2 Å². The number of likely N-dealkylation sites (N-methyl/N-ethyl adjacent to an activating group) is 1. The van der Waals surface area contributed by atoms with Gasteiger partial charge in [0.25, 0.3) is 0 Å². The Morgan fingerprint density at radius 2 is 1.93 bits per heavy atom. The molecular weight excluding hydrogens is 170 g/mol. The zero-order chi connectivity index (χ0) is 11.0. The molecule has 0 heterocycles. The molecule has 1 heteroatoms. The molecule has 0 aliphatic rings. The molecule has 0 atom stereocenters. The van der Waals surface area contributed by atoms with Gasteiger partial charge < -0.3 is 5.32 Å². The van der Waals surface area contributed by atoms with E-state index in [-0.39, 0.29) is 0 Å². The van der Waals surface area contributed by atoms with Gasteiger partial charge >= 0.3 is 0 Å². The Morgan fingerprint density at radius 1 is 1.29 bits per heavy atom. The largest absolute Gasteiger partial charge is 0.316 e. The highest BCUT2D eigenvalue weighted by Crippen LogP contribution is 2.13. The first-order valence-electron chi connectivity index (χ1n) is 4.90. The molecule has 0 aromatic rings. The molecule has 0 bridgehead atoms. The SMILES string of the molecule is C=CC/C(C=C)=C(C)\C=C(/C)CNC. The third-order valence-corrected chi connectivity index (χ3v) is 2.04. The van der Waals surface area contributed by atoms with E-state index in [0.717, 1.165) is 13.0 Å². The van der Waals surface area contributed by atoms with Gasteiger partial charge in [0.1, 0.15) is 0 Å². The van der Waals surface area contributed by atoms with E-state index in [1.54, 1.807) is 0 Å². The summed E-state index contributed by atoms with van der Waals surface area (Å²) in [6.07, 6.45) is 6.89. The molecule has 0 amide bonds. The first-order chi connectivity index (χ1) is 6.65. The van der Waals surface area contributed by atoms with Crippen molar-refractivity contribution in [3.63, 3.8) is 0 Å². The maximum atomic E-state index is 3.80. The van der Waals surface area contributed by atoms with E-state index in [1.165, 1.54) is 16.7 Å². The summed E-state index contributed by atoms with van der Waals surface area (Å²) in [6.45, 7) is 12.7. The molecule has 1 nitrogen and oxygen atoms in total. The zero-order valence-electron chi connectivity index (χ0n) is 9.56. The Balaban J connectivity index is 4.68. The molecule has 0 saturated heterocycles. The zero-order valence-corrected chi connectivity index (χ0v) is 9.56. The monoisotopic (exact) mass is 191 g/mol. The van der Waals surface area contributed by atoms with Gasteiger partial charge in [0.05, 0.1) is 0 Å². The van der Waals surface area contributed by atoms with Gasteiger partial charge in [-0.05, 0) is 38.5 Å². The summed E-state index contributed by atoms with van der Waals surface area (Å²) in [5, 5.41) is 3.12. The third kappa shape index (κ3) is 4.83. The molecular formula is C13H21N. The first kappa shape index (κ1) is 12.9. The van der Waals surface area contributed by atoms with Crippen LogP contribution in [0.3, 0.4) is 0 Å². The Morgan fingerprint density at radius 3 is 2.36 bits per heavy atom. The summed E-state index contributed by atoms with van der Waals surface area (Å²) in [5.74, 6) is 0. The normalized spacial score (nSPS) is 13.5. The predicted octanol–water partition coefficient (Wildman–Crippen LogP) is 3.23. The molecule has 0 aliphatic heterocycles. The lowest BCUT2D eigenvalue weighted by atomic mass is 10.0. The molecule has 0 radical (unpaired) electrons. The fraction of sp³-hybridized carbons (Fsp3) is 0.385. The highest BCUT2D eigenvalue weighted by molar-refractivity contribution is 5.34. The highest BCUT2D eigenvalue weighted by Gasteiger charge is 1.95. The number of allylic oxidation sites excluding steroid dienone is 5. The summed E-state index contributed by atoms with van der Waals surface area (Å²) >= 11 is 0. The van der Waals surface area contributed by atoms with Crippen molar-refractivity contribution in [1.29, 1.82) is 0 Å². The van der Waals surface area contributed by atoms with Crippen molar-refractivity contribution in [2.75, 3.05) is 13.6 Å². The van der Waals surface area contributed by atoms with Crippen LogP contribution in [0, 0.1) is 0 Å². The minimum atomic E-state index is 0.888. The van der Waals surface area contributed by atoms with E-state index < -0.39 is 0 Å². The van der Waals surface area contributed by atoms with Crippen LogP contribution in [-0.2, 0) is 0 Å². The van der Waals surface area contributed by atoms with Crippen molar-refractivity contribution in [3.05, 3.63) is 48.1 Å². The lowest BCUT2D eigenvalue weighted by molar-refractivity contribution is 0.878. The van der Waals surface area contributed by atoms with E-state index in [4.69, 9.17) is 0 Å². The Bertz CT molecular complexity index is 256. The van der Waals surface area contributed by atoms with Gasteiger partial charge in [0.15, 0.2) is 0 Å². The second kappa shape index (κ2) is 7.34. The maximum absolute atomic E-state index is 3.80. The van der Waals surface area contributed by atoms with Crippen molar-refractivity contribution in [2.24, 2.45) is 0 Å². The molecule has 0 unspecified atom stereocenters. The van der Waals surface area contributed by atoms with E-state index in [0.29, 0.717) is 0 Å². The minimum absolute atomic E-state index is 0.888. The molecule has 0 fully saturated rings. The third-order valence-electron chi connectivity index (χ3n) is 2.04. The Labute approximate surface area is 87.9 Å². The fourth-order valence-electron chi connectivity index (χ4n) is 1.35. The van der Waals surface area contributed by atoms with Gasteiger partial charge in [-0.15, -0.1) is 6.58 Å². The summed E-state index contributed by atoms with van der Waals surface area (Å²) in [5.41, 5.74) is 3.84. The van der Waals surface area contributed by atoms with E-state index >= 15 is 0 Å². The summed E-state index contributed by atoms with van der Waals surface area (Å²) in [7, 11) is 1.95. The van der Waals surface area contributed by atoms with Crippen molar-refractivity contribution in [2.45, 2.75) is 20.3 Å². The average Bonchev–Trinajstić information content (AvgIpc) is 2.14. The van der Waals surface area contributed by atoms with Crippen molar-refractivity contribution in [1.82, 2.24) is 5.32 Å². The lowest BCUT2D eigenvalue weighted by Crippen LogP contribution is -2.08. The van der Waals surface area contributed by atoms with Crippen LogP contribution in [0.15, 0.2) is 48.1 Å². The number of rotatable bonds is 6. The molecule has 0 aliphatic carbocycles. The number of nitrogens with one attached hydrogen (secondary N) is 1. The molecule has 0 rings (SSSR count). The van der Waals surface area contributed by atoms with Gasteiger partial charge in [0.2, 0.25) is 0 Å². The van der Waals surface area contributed by atoms with Gasteiger partial charge in [-0.25, -0.2) is 0 Å². The van der Waals surface area contributed by atoms with Crippen LogP contribution in [0.1, 0.15) is 20.3 Å². The number of hydrogen-bond acceptors (Lipinski definition) is 1. The molecule has 0 saturated carbocycles. The Hall–Kier alpha value is -1.08. The van der Waals surface area contributed by atoms with Crippen LogP contribution in [0.4, 0.5) is 0 Å². The topological polar surface area (TPSA) is 12.0 Å². The standard InChI is InChI=1S/C13H21N/c1-6-8-13(7-2)12(4)9-11(3)10-14-5/h6-7,9,14H,1-2,8,10H2,3-5H3/b11-9+,13-12-. The molecule has 0 aromatic heterocycles.